The van der Waals surface area contributed by atoms with Crippen LogP contribution in [-0.2, 0) is 11.3 Å². The lowest BCUT2D eigenvalue weighted by Gasteiger charge is -2.30. The van der Waals surface area contributed by atoms with Gasteiger partial charge < -0.3 is 15.0 Å². The number of hydrogen-bond acceptors (Lipinski definition) is 3. The average Bonchev–Trinajstić information content (AvgIpc) is 2.58. The van der Waals surface area contributed by atoms with Gasteiger partial charge in [0.1, 0.15) is 0 Å². The summed E-state index contributed by atoms with van der Waals surface area (Å²) in [5.41, 5.74) is 2.66. The van der Waals surface area contributed by atoms with E-state index in [2.05, 4.69) is 65.3 Å². The van der Waals surface area contributed by atoms with E-state index in [0.29, 0.717) is 5.92 Å². The Bertz CT molecular complexity index is 526. The third-order valence-corrected chi connectivity index (χ3v) is 4.52. The maximum atomic E-state index is 5.41. The Morgan fingerprint density at radius 2 is 2.04 bits per heavy atom. The molecule has 0 aliphatic carbocycles. The highest BCUT2D eigenvalue weighted by Crippen LogP contribution is 2.09. The summed E-state index contributed by atoms with van der Waals surface area (Å²) >= 11 is 0. The van der Waals surface area contributed by atoms with Crippen molar-refractivity contribution in [2.24, 2.45) is 10.9 Å². The molecule has 1 unspecified atom stereocenters. The lowest BCUT2D eigenvalue weighted by atomic mass is 10.1. The number of morpholine rings is 1. The number of nitrogens with one attached hydrogen (secondary N) is 1. The lowest BCUT2D eigenvalue weighted by Crippen LogP contribution is -2.44. The molecule has 1 aliphatic heterocycles. The van der Waals surface area contributed by atoms with Crippen molar-refractivity contribution in [2.45, 2.75) is 20.4 Å². The number of ether oxygens (including phenoxy) is 1. The van der Waals surface area contributed by atoms with Gasteiger partial charge in [0.05, 0.1) is 13.2 Å². The Hall–Kier alpha value is -1.59. The molecule has 1 aromatic carbocycles. The summed E-state index contributed by atoms with van der Waals surface area (Å²) in [4.78, 5) is 9.10. The Labute approximate surface area is 146 Å². The molecule has 0 spiro atoms. The van der Waals surface area contributed by atoms with E-state index in [1.165, 1.54) is 11.1 Å². The zero-order chi connectivity index (χ0) is 17.4. The van der Waals surface area contributed by atoms with Gasteiger partial charge in [0.15, 0.2) is 5.96 Å². The molecule has 5 heteroatoms. The monoisotopic (exact) mass is 332 g/mol. The highest BCUT2D eigenvalue weighted by Gasteiger charge is 2.15. The number of benzene rings is 1. The molecule has 24 heavy (non-hydrogen) atoms. The van der Waals surface area contributed by atoms with E-state index in [9.17, 15) is 0 Å². The summed E-state index contributed by atoms with van der Waals surface area (Å²) < 4.78 is 5.41. The fraction of sp³-hybridized carbons (Fsp3) is 0.632. The van der Waals surface area contributed by atoms with Crippen LogP contribution in [0.3, 0.4) is 0 Å². The second-order valence-electron chi connectivity index (χ2n) is 6.73. The molecule has 5 nitrogen and oxygen atoms in total. The molecule has 1 aromatic rings. The predicted octanol–water partition coefficient (Wildman–Crippen LogP) is 1.97. The zero-order valence-electron chi connectivity index (χ0n) is 15.6. The number of rotatable bonds is 6. The van der Waals surface area contributed by atoms with Gasteiger partial charge in [0.25, 0.3) is 0 Å². The number of aryl methyl sites for hydroxylation is 1. The summed E-state index contributed by atoms with van der Waals surface area (Å²) in [5.74, 6) is 1.53. The van der Waals surface area contributed by atoms with Crippen LogP contribution < -0.4 is 5.32 Å². The van der Waals surface area contributed by atoms with Crippen LogP contribution in [0.15, 0.2) is 29.3 Å². The average molecular weight is 332 g/mol. The maximum absolute atomic E-state index is 5.41. The van der Waals surface area contributed by atoms with Crippen molar-refractivity contribution in [3.63, 3.8) is 0 Å². The first kappa shape index (κ1) is 18.7. The van der Waals surface area contributed by atoms with E-state index in [4.69, 9.17) is 4.74 Å². The number of guanidine groups is 1. The van der Waals surface area contributed by atoms with Crippen molar-refractivity contribution in [2.75, 3.05) is 53.5 Å². The molecule has 0 amide bonds. The highest BCUT2D eigenvalue weighted by molar-refractivity contribution is 5.79. The minimum Gasteiger partial charge on any atom is -0.379 e. The van der Waals surface area contributed by atoms with Gasteiger partial charge in [-0.15, -0.1) is 0 Å². The van der Waals surface area contributed by atoms with Crippen LogP contribution >= 0.6 is 0 Å². The molecule has 0 bridgehead atoms. The summed E-state index contributed by atoms with van der Waals surface area (Å²) in [5, 5.41) is 3.52. The maximum Gasteiger partial charge on any atom is 0.193 e. The van der Waals surface area contributed by atoms with Crippen LogP contribution in [0.25, 0.3) is 0 Å². The van der Waals surface area contributed by atoms with Crippen LogP contribution in [0, 0.1) is 12.8 Å². The van der Waals surface area contributed by atoms with Crippen molar-refractivity contribution < 1.29 is 4.74 Å². The molecule has 1 heterocycles. The van der Waals surface area contributed by atoms with Gasteiger partial charge in [-0.05, 0) is 24.0 Å². The van der Waals surface area contributed by atoms with Crippen molar-refractivity contribution in [1.82, 2.24) is 15.1 Å². The van der Waals surface area contributed by atoms with Crippen molar-refractivity contribution >= 4 is 5.96 Å². The fourth-order valence-corrected chi connectivity index (χ4v) is 3.06. The van der Waals surface area contributed by atoms with E-state index in [1.54, 1.807) is 0 Å². The summed E-state index contributed by atoms with van der Waals surface area (Å²) in [7, 11) is 3.94. The van der Waals surface area contributed by atoms with Gasteiger partial charge >= 0.3 is 0 Å². The van der Waals surface area contributed by atoms with Crippen LogP contribution in [0.1, 0.15) is 18.1 Å². The van der Waals surface area contributed by atoms with E-state index in [0.717, 1.165) is 51.9 Å². The fourth-order valence-electron chi connectivity index (χ4n) is 3.06. The standard InChI is InChI=1S/C19H32N4O/c1-16(14-23-9-11-24-12-10-23)13-21-19(20-3)22(4)15-18-8-6-5-7-17(18)2/h5-8,16H,9-15H2,1-4H3,(H,20,21). The Balaban J connectivity index is 1.79. The van der Waals surface area contributed by atoms with Crippen LogP contribution in [0.5, 0.6) is 0 Å². The minimum absolute atomic E-state index is 0.576. The predicted molar refractivity (Wildman–Crippen MR) is 100 cm³/mol. The first-order chi connectivity index (χ1) is 11.6. The second kappa shape index (κ2) is 9.64. The molecule has 1 aliphatic rings. The SMILES string of the molecule is CN=C(NCC(C)CN1CCOCC1)N(C)Cc1ccccc1C. The quantitative estimate of drug-likeness (QED) is 0.639. The molecular formula is C19H32N4O. The van der Waals surface area contributed by atoms with Crippen LogP contribution in [-0.4, -0.2) is 69.2 Å². The molecule has 1 fully saturated rings. The van der Waals surface area contributed by atoms with Crippen molar-refractivity contribution in [3.8, 4) is 0 Å². The first-order valence-electron chi connectivity index (χ1n) is 8.86. The molecule has 1 saturated heterocycles. The van der Waals surface area contributed by atoms with Gasteiger partial charge in [-0.3, -0.25) is 9.89 Å². The lowest BCUT2D eigenvalue weighted by molar-refractivity contribution is 0.0320. The Kier molecular flexibility index (Phi) is 7.53. The van der Waals surface area contributed by atoms with Gasteiger partial charge in [-0.1, -0.05) is 31.2 Å². The van der Waals surface area contributed by atoms with Gasteiger partial charge in [-0.2, -0.15) is 0 Å². The number of hydrogen-bond donors (Lipinski definition) is 1. The summed E-state index contributed by atoms with van der Waals surface area (Å²) in [6, 6.07) is 8.51. The van der Waals surface area contributed by atoms with E-state index in [1.807, 2.05) is 7.05 Å². The minimum atomic E-state index is 0.576. The molecule has 2 rings (SSSR count). The van der Waals surface area contributed by atoms with E-state index >= 15 is 0 Å². The Morgan fingerprint density at radius 1 is 1.33 bits per heavy atom. The first-order valence-corrected chi connectivity index (χ1v) is 8.86. The molecule has 1 N–H and O–H groups in total. The molecule has 0 saturated carbocycles. The smallest absolute Gasteiger partial charge is 0.193 e. The highest BCUT2D eigenvalue weighted by atomic mass is 16.5. The molecule has 0 aromatic heterocycles. The molecular weight excluding hydrogens is 300 g/mol. The molecule has 134 valence electrons. The normalized spacial score (nSPS) is 17.6. The summed E-state index contributed by atoms with van der Waals surface area (Å²) in [6.07, 6.45) is 0. The number of nitrogens with zero attached hydrogens (tertiary/aromatic N) is 3. The molecule has 1 atom stereocenters. The summed E-state index contributed by atoms with van der Waals surface area (Å²) in [6.45, 7) is 11.2. The van der Waals surface area contributed by atoms with Gasteiger partial charge in [0, 0.05) is 46.8 Å². The van der Waals surface area contributed by atoms with Crippen molar-refractivity contribution in [1.29, 1.82) is 0 Å². The van der Waals surface area contributed by atoms with Crippen LogP contribution in [0.2, 0.25) is 0 Å². The third-order valence-electron chi connectivity index (χ3n) is 4.52. The Morgan fingerprint density at radius 3 is 2.71 bits per heavy atom. The van der Waals surface area contributed by atoms with E-state index < -0.39 is 0 Å². The van der Waals surface area contributed by atoms with Crippen molar-refractivity contribution in [3.05, 3.63) is 35.4 Å². The van der Waals surface area contributed by atoms with Crippen LogP contribution in [0.4, 0.5) is 0 Å². The van der Waals surface area contributed by atoms with Gasteiger partial charge in [0.2, 0.25) is 0 Å². The molecule has 0 radical (unpaired) electrons. The van der Waals surface area contributed by atoms with E-state index in [-0.39, 0.29) is 0 Å². The topological polar surface area (TPSA) is 40.1 Å². The van der Waals surface area contributed by atoms with Gasteiger partial charge in [-0.25, -0.2) is 0 Å². The zero-order valence-corrected chi connectivity index (χ0v) is 15.6. The largest absolute Gasteiger partial charge is 0.379 e. The third kappa shape index (κ3) is 5.80. The second-order valence-corrected chi connectivity index (χ2v) is 6.73. The number of aliphatic imine (C=N–C) groups is 1.